The van der Waals surface area contributed by atoms with Crippen molar-refractivity contribution in [1.29, 1.82) is 0 Å². The van der Waals surface area contributed by atoms with Crippen LogP contribution >= 0.6 is 0 Å². The highest BCUT2D eigenvalue weighted by molar-refractivity contribution is 5.79. The van der Waals surface area contributed by atoms with Gasteiger partial charge in [0.1, 0.15) is 12.4 Å². The Hall–Kier alpha value is -1.71. The van der Waals surface area contributed by atoms with Crippen molar-refractivity contribution in [2.24, 2.45) is 10.9 Å². The van der Waals surface area contributed by atoms with Gasteiger partial charge < -0.3 is 15.4 Å². The van der Waals surface area contributed by atoms with E-state index in [0.29, 0.717) is 12.5 Å². The predicted molar refractivity (Wildman–Crippen MR) is 80.9 cm³/mol. The third-order valence-electron chi connectivity index (χ3n) is 2.65. The van der Waals surface area contributed by atoms with E-state index in [1.807, 2.05) is 31.2 Å². The predicted octanol–water partition coefficient (Wildman–Crippen LogP) is 2.19. The summed E-state index contributed by atoms with van der Waals surface area (Å²) < 4.78 is 5.71. The molecule has 0 saturated heterocycles. The van der Waals surface area contributed by atoms with Crippen LogP contribution in [0.2, 0.25) is 0 Å². The number of aryl methyl sites for hydroxylation is 1. The number of para-hydroxylation sites is 1. The Morgan fingerprint density at radius 3 is 2.63 bits per heavy atom. The molecule has 0 fully saturated rings. The van der Waals surface area contributed by atoms with E-state index in [0.717, 1.165) is 30.4 Å². The number of aliphatic imine (C=N–C) groups is 1. The molecule has 0 heterocycles. The van der Waals surface area contributed by atoms with E-state index in [1.54, 1.807) is 7.05 Å². The van der Waals surface area contributed by atoms with E-state index in [4.69, 9.17) is 4.74 Å². The smallest absolute Gasteiger partial charge is 0.191 e. The van der Waals surface area contributed by atoms with Crippen LogP contribution < -0.4 is 15.4 Å². The van der Waals surface area contributed by atoms with Gasteiger partial charge in [0.2, 0.25) is 0 Å². The van der Waals surface area contributed by atoms with Crippen LogP contribution in [0, 0.1) is 12.8 Å². The van der Waals surface area contributed by atoms with Crippen molar-refractivity contribution in [1.82, 2.24) is 10.6 Å². The van der Waals surface area contributed by atoms with E-state index in [2.05, 4.69) is 29.5 Å². The normalized spacial score (nSPS) is 11.5. The molecule has 106 valence electrons. The Kier molecular flexibility index (Phi) is 6.79. The summed E-state index contributed by atoms with van der Waals surface area (Å²) in [5.74, 6) is 2.36. The van der Waals surface area contributed by atoms with E-state index in [-0.39, 0.29) is 0 Å². The van der Waals surface area contributed by atoms with Crippen LogP contribution in [0.4, 0.5) is 0 Å². The lowest BCUT2D eigenvalue weighted by Gasteiger charge is -2.14. The molecular formula is C15H25N3O. The minimum Gasteiger partial charge on any atom is -0.491 e. The molecule has 1 aromatic rings. The highest BCUT2D eigenvalue weighted by Gasteiger charge is 2.00. The van der Waals surface area contributed by atoms with E-state index < -0.39 is 0 Å². The molecule has 2 N–H and O–H groups in total. The lowest BCUT2D eigenvalue weighted by atomic mass is 10.2. The minimum atomic E-state index is 0.599. The second-order valence-corrected chi connectivity index (χ2v) is 4.89. The number of benzene rings is 1. The largest absolute Gasteiger partial charge is 0.491 e. The molecule has 0 atom stereocenters. The van der Waals surface area contributed by atoms with Crippen LogP contribution in [-0.2, 0) is 0 Å². The van der Waals surface area contributed by atoms with E-state index in [1.165, 1.54) is 0 Å². The summed E-state index contributed by atoms with van der Waals surface area (Å²) in [6.07, 6.45) is 0. The van der Waals surface area contributed by atoms with Crippen molar-refractivity contribution < 1.29 is 4.74 Å². The minimum absolute atomic E-state index is 0.599. The summed E-state index contributed by atoms with van der Waals surface area (Å²) >= 11 is 0. The van der Waals surface area contributed by atoms with Gasteiger partial charge in [-0.15, -0.1) is 0 Å². The van der Waals surface area contributed by atoms with Crippen molar-refractivity contribution in [2.75, 3.05) is 26.7 Å². The van der Waals surface area contributed by atoms with Gasteiger partial charge in [-0.1, -0.05) is 32.0 Å². The number of rotatable bonds is 6. The molecule has 0 aliphatic carbocycles. The third-order valence-corrected chi connectivity index (χ3v) is 2.65. The maximum absolute atomic E-state index is 5.71. The first-order valence-electron chi connectivity index (χ1n) is 6.76. The number of hydrogen-bond acceptors (Lipinski definition) is 2. The fraction of sp³-hybridized carbons (Fsp3) is 0.533. The fourth-order valence-corrected chi connectivity index (χ4v) is 1.57. The molecule has 4 heteroatoms. The van der Waals surface area contributed by atoms with Gasteiger partial charge >= 0.3 is 0 Å². The zero-order chi connectivity index (χ0) is 14.1. The van der Waals surface area contributed by atoms with Crippen LogP contribution in [-0.4, -0.2) is 32.7 Å². The quantitative estimate of drug-likeness (QED) is 0.470. The molecule has 0 bridgehead atoms. The fourth-order valence-electron chi connectivity index (χ4n) is 1.57. The summed E-state index contributed by atoms with van der Waals surface area (Å²) in [5.41, 5.74) is 1.16. The zero-order valence-corrected chi connectivity index (χ0v) is 12.4. The van der Waals surface area contributed by atoms with Crippen LogP contribution in [0.3, 0.4) is 0 Å². The Morgan fingerprint density at radius 2 is 2.00 bits per heavy atom. The Labute approximate surface area is 116 Å². The molecule has 0 aromatic heterocycles. The van der Waals surface area contributed by atoms with Gasteiger partial charge in [-0.05, 0) is 24.5 Å². The van der Waals surface area contributed by atoms with Crippen molar-refractivity contribution in [3.63, 3.8) is 0 Å². The van der Waals surface area contributed by atoms with Gasteiger partial charge in [-0.3, -0.25) is 4.99 Å². The van der Waals surface area contributed by atoms with Gasteiger partial charge in [0.15, 0.2) is 5.96 Å². The van der Waals surface area contributed by atoms with Crippen molar-refractivity contribution in [3.8, 4) is 5.75 Å². The number of hydrogen-bond donors (Lipinski definition) is 2. The van der Waals surface area contributed by atoms with Gasteiger partial charge in [0, 0.05) is 13.6 Å². The lowest BCUT2D eigenvalue weighted by molar-refractivity contribution is 0.319. The Morgan fingerprint density at radius 1 is 1.26 bits per heavy atom. The van der Waals surface area contributed by atoms with Gasteiger partial charge in [0.05, 0.1) is 6.54 Å². The summed E-state index contributed by atoms with van der Waals surface area (Å²) in [7, 11) is 1.78. The molecule has 0 aliphatic rings. The molecule has 4 nitrogen and oxygen atoms in total. The molecule has 1 rings (SSSR count). The zero-order valence-electron chi connectivity index (χ0n) is 12.4. The number of nitrogens with one attached hydrogen (secondary N) is 2. The van der Waals surface area contributed by atoms with Gasteiger partial charge in [-0.2, -0.15) is 0 Å². The molecule has 0 radical (unpaired) electrons. The molecule has 0 saturated carbocycles. The molecule has 0 amide bonds. The molecule has 0 unspecified atom stereocenters. The van der Waals surface area contributed by atoms with Gasteiger partial charge in [-0.25, -0.2) is 0 Å². The SMILES string of the molecule is CN=C(NCCOc1ccccc1C)NCC(C)C. The number of ether oxygens (including phenoxy) is 1. The standard InChI is InChI=1S/C15H25N3O/c1-12(2)11-18-15(16-4)17-9-10-19-14-8-6-5-7-13(14)3/h5-8,12H,9-11H2,1-4H3,(H2,16,17,18). The highest BCUT2D eigenvalue weighted by Crippen LogP contribution is 2.15. The molecule has 0 spiro atoms. The lowest BCUT2D eigenvalue weighted by Crippen LogP contribution is -2.40. The summed E-state index contributed by atoms with van der Waals surface area (Å²) in [6, 6.07) is 8.03. The Balaban J connectivity index is 2.24. The molecular weight excluding hydrogens is 238 g/mol. The maximum atomic E-state index is 5.71. The molecule has 1 aromatic carbocycles. The topological polar surface area (TPSA) is 45.7 Å². The van der Waals surface area contributed by atoms with Crippen LogP contribution in [0.5, 0.6) is 5.75 Å². The van der Waals surface area contributed by atoms with Crippen molar-refractivity contribution in [2.45, 2.75) is 20.8 Å². The molecule has 19 heavy (non-hydrogen) atoms. The second kappa shape index (κ2) is 8.40. The van der Waals surface area contributed by atoms with E-state index in [9.17, 15) is 0 Å². The summed E-state index contributed by atoms with van der Waals surface area (Å²) in [5, 5.41) is 6.49. The Bertz CT molecular complexity index is 402. The first-order chi connectivity index (χ1) is 9.13. The average molecular weight is 263 g/mol. The number of guanidine groups is 1. The van der Waals surface area contributed by atoms with Crippen molar-refractivity contribution in [3.05, 3.63) is 29.8 Å². The van der Waals surface area contributed by atoms with Crippen LogP contribution in [0.1, 0.15) is 19.4 Å². The van der Waals surface area contributed by atoms with E-state index >= 15 is 0 Å². The summed E-state index contributed by atoms with van der Waals surface area (Å²) in [6.45, 7) is 8.65. The van der Waals surface area contributed by atoms with Crippen LogP contribution in [0.25, 0.3) is 0 Å². The maximum Gasteiger partial charge on any atom is 0.191 e. The second-order valence-electron chi connectivity index (χ2n) is 4.89. The third kappa shape index (κ3) is 6.13. The average Bonchev–Trinajstić information content (AvgIpc) is 2.39. The summed E-state index contributed by atoms with van der Waals surface area (Å²) in [4.78, 5) is 4.16. The van der Waals surface area contributed by atoms with Gasteiger partial charge in [0.25, 0.3) is 0 Å². The van der Waals surface area contributed by atoms with Crippen LogP contribution in [0.15, 0.2) is 29.3 Å². The van der Waals surface area contributed by atoms with Crippen molar-refractivity contribution >= 4 is 5.96 Å². The first kappa shape index (κ1) is 15.3. The monoisotopic (exact) mass is 263 g/mol. The first-order valence-corrected chi connectivity index (χ1v) is 6.76. The number of nitrogens with zero attached hydrogens (tertiary/aromatic N) is 1. The highest BCUT2D eigenvalue weighted by atomic mass is 16.5. The molecule has 0 aliphatic heterocycles.